The first-order chi connectivity index (χ1) is 5.38. The molecule has 0 bridgehead atoms. The van der Waals surface area contributed by atoms with E-state index >= 15 is 0 Å². The Morgan fingerprint density at radius 1 is 1.82 bits per heavy atom. The zero-order valence-electron chi connectivity index (χ0n) is 6.75. The molecular formula is C8H13NO2. The normalized spacial score (nSPS) is 26.4. The molecule has 11 heavy (non-hydrogen) atoms. The first kappa shape index (κ1) is 8.51. The molecule has 1 saturated heterocycles. The van der Waals surface area contributed by atoms with E-state index in [-0.39, 0.29) is 6.10 Å². The topological polar surface area (TPSA) is 42.2 Å². The molecule has 0 saturated carbocycles. The molecule has 0 unspecified atom stereocenters. The number of hydrogen-bond donors (Lipinski definition) is 0. The molecule has 1 aliphatic heterocycles. The van der Waals surface area contributed by atoms with Crippen LogP contribution in [0.15, 0.2) is 0 Å². The second kappa shape index (κ2) is 4.32. The van der Waals surface area contributed by atoms with Crippen molar-refractivity contribution in [2.45, 2.75) is 19.4 Å². The summed E-state index contributed by atoms with van der Waals surface area (Å²) < 4.78 is 10.4. The fraction of sp³-hybridized carbons (Fsp3) is 0.875. The lowest BCUT2D eigenvalue weighted by atomic mass is 10.0. The number of ether oxygens (including phenoxy) is 2. The molecule has 0 radical (unpaired) electrons. The van der Waals surface area contributed by atoms with Gasteiger partial charge in [-0.3, -0.25) is 0 Å². The molecule has 62 valence electrons. The Kier molecular flexibility index (Phi) is 3.34. The van der Waals surface area contributed by atoms with Crippen molar-refractivity contribution < 1.29 is 9.47 Å². The van der Waals surface area contributed by atoms with Crippen LogP contribution in [0.4, 0.5) is 0 Å². The highest BCUT2D eigenvalue weighted by molar-refractivity contribution is 4.91. The van der Waals surface area contributed by atoms with E-state index < -0.39 is 0 Å². The van der Waals surface area contributed by atoms with Crippen molar-refractivity contribution in [3.8, 4) is 6.07 Å². The van der Waals surface area contributed by atoms with Crippen LogP contribution in [-0.2, 0) is 9.47 Å². The van der Waals surface area contributed by atoms with Crippen LogP contribution in [-0.4, -0.2) is 25.9 Å². The van der Waals surface area contributed by atoms with Gasteiger partial charge < -0.3 is 9.47 Å². The van der Waals surface area contributed by atoms with Crippen molar-refractivity contribution >= 4 is 0 Å². The highest BCUT2D eigenvalue weighted by Gasteiger charge is 2.25. The second-order valence-corrected chi connectivity index (χ2v) is 2.63. The lowest BCUT2D eigenvalue weighted by molar-refractivity contribution is 0.0524. The maximum Gasteiger partial charge on any atom is 0.149 e. The van der Waals surface area contributed by atoms with E-state index in [1.54, 1.807) is 0 Å². The summed E-state index contributed by atoms with van der Waals surface area (Å²) in [5.41, 5.74) is 0. The van der Waals surface area contributed by atoms with Gasteiger partial charge >= 0.3 is 0 Å². The van der Waals surface area contributed by atoms with Crippen molar-refractivity contribution in [1.29, 1.82) is 5.26 Å². The zero-order chi connectivity index (χ0) is 8.10. The fourth-order valence-corrected chi connectivity index (χ4v) is 1.25. The summed E-state index contributed by atoms with van der Waals surface area (Å²) in [6, 6.07) is 2.14. The van der Waals surface area contributed by atoms with Crippen molar-refractivity contribution in [3.05, 3.63) is 0 Å². The molecule has 0 amide bonds. The maximum atomic E-state index is 8.69. The van der Waals surface area contributed by atoms with Gasteiger partial charge in [-0.05, 0) is 13.3 Å². The van der Waals surface area contributed by atoms with Crippen LogP contribution in [0.5, 0.6) is 0 Å². The van der Waals surface area contributed by atoms with Gasteiger partial charge in [-0.1, -0.05) is 0 Å². The number of hydrogen-bond acceptors (Lipinski definition) is 3. The summed E-state index contributed by atoms with van der Waals surface area (Å²) in [4.78, 5) is 0. The lowest BCUT2D eigenvalue weighted by Gasteiger charge is -2.13. The van der Waals surface area contributed by atoms with Gasteiger partial charge in [0.05, 0.1) is 12.7 Å². The molecule has 1 rings (SSSR count). The van der Waals surface area contributed by atoms with Gasteiger partial charge in [0.1, 0.15) is 6.10 Å². The molecule has 0 aromatic heterocycles. The van der Waals surface area contributed by atoms with Gasteiger partial charge in [0.2, 0.25) is 0 Å². The van der Waals surface area contributed by atoms with Crippen molar-refractivity contribution in [3.63, 3.8) is 0 Å². The summed E-state index contributed by atoms with van der Waals surface area (Å²) in [5, 5.41) is 8.69. The quantitative estimate of drug-likeness (QED) is 0.609. The lowest BCUT2D eigenvalue weighted by Crippen LogP contribution is -2.22. The highest BCUT2D eigenvalue weighted by Crippen LogP contribution is 2.18. The number of nitrogens with zero attached hydrogens (tertiary/aromatic N) is 1. The van der Waals surface area contributed by atoms with E-state index in [0.717, 1.165) is 13.0 Å². The minimum Gasteiger partial charge on any atom is -0.381 e. The molecule has 2 atom stereocenters. The van der Waals surface area contributed by atoms with Gasteiger partial charge in [-0.15, -0.1) is 0 Å². The number of nitriles is 1. The van der Waals surface area contributed by atoms with Gasteiger partial charge in [0.25, 0.3) is 0 Å². The summed E-state index contributed by atoms with van der Waals surface area (Å²) in [6.45, 7) is 3.96. The summed E-state index contributed by atoms with van der Waals surface area (Å²) in [5.74, 6) is 0.292. The summed E-state index contributed by atoms with van der Waals surface area (Å²) in [6.07, 6.45) is 0.695. The van der Waals surface area contributed by atoms with Gasteiger partial charge in [0, 0.05) is 19.1 Å². The molecule has 0 aromatic carbocycles. The van der Waals surface area contributed by atoms with E-state index in [2.05, 4.69) is 6.07 Å². The van der Waals surface area contributed by atoms with E-state index in [1.165, 1.54) is 0 Å². The Labute approximate surface area is 66.9 Å². The molecule has 1 fully saturated rings. The number of rotatable bonds is 3. The smallest absolute Gasteiger partial charge is 0.149 e. The van der Waals surface area contributed by atoms with Crippen LogP contribution in [0.1, 0.15) is 13.3 Å². The van der Waals surface area contributed by atoms with Crippen LogP contribution in [0.25, 0.3) is 0 Å². The molecule has 0 aliphatic carbocycles. The monoisotopic (exact) mass is 155 g/mol. The molecular weight excluding hydrogens is 142 g/mol. The third-order valence-electron chi connectivity index (χ3n) is 1.87. The maximum absolute atomic E-state index is 8.69. The average molecular weight is 155 g/mol. The first-order valence-corrected chi connectivity index (χ1v) is 3.97. The Bertz CT molecular complexity index is 147. The van der Waals surface area contributed by atoms with E-state index in [1.807, 2.05) is 6.92 Å². The minimum absolute atomic E-state index is 0.262. The summed E-state index contributed by atoms with van der Waals surface area (Å²) in [7, 11) is 0. The van der Waals surface area contributed by atoms with Crippen molar-refractivity contribution in [2.75, 3.05) is 19.8 Å². The van der Waals surface area contributed by atoms with E-state index in [4.69, 9.17) is 14.7 Å². The second-order valence-electron chi connectivity index (χ2n) is 2.63. The van der Waals surface area contributed by atoms with Crippen LogP contribution >= 0.6 is 0 Å². The van der Waals surface area contributed by atoms with Crippen molar-refractivity contribution in [1.82, 2.24) is 0 Å². The molecule has 0 aromatic rings. The molecule has 3 heteroatoms. The Hall–Kier alpha value is -0.590. The molecule has 1 heterocycles. The first-order valence-electron chi connectivity index (χ1n) is 3.97. The fourth-order valence-electron chi connectivity index (χ4n) is 1.25. The molecule has 0 N–H and O–H groups in total. The van der Waals surface area contributed by atoms with E-state index in [9.17, 15) is 0 Å². The standard InChI is InChI=1S/C8H13NO2/c1-2-11-8(5-9)7-3-4-10-6-7/h7-8H,2-4,6H2,1H3/t7-,8-/m0/s1. The molecule has 1 aliphatic rings. The third-order valence-corrected chi connectivity index (χ3v) is 1.87. The SMILES string of the molecule is CCO[C@@H](C#N)[C@H]1CCOC1. The van der Waals surface area contributed by atoms with Gasteiger partial charge in [0.15, 0.2) is 0 Å². The largest absolute Gasteiger partial charge is 0.381 e. The summed E-state index contributed by atoms with van der Waals surface area (Å²) >= 11 is 0. The molecule has 0 spiro atoms. The van der Waals surface area contributed by atoms with Gasteiger partial charge in [-0.2, -0.15) is 5.26 Å². The van der Waals surface area contributed by atoms with Gasteiger partial charge in [-0.25, -0.2) is 0 Å². The Morgan fingerprint density at radius 2 is 2.64 bits per heavy atom. The molecule has 3 nitrogen and oxygen atoms in total. The predicted octanol–water partition coefficient (Wildman–Crippen LogP) is 0.952. The van der Waals surface area contributed by atoms with Crippen LogP contribution in [0.2, 0.25) is 0 Å². The highest BCUT2D eigenvalue weighted by atomic mass is 16.5. The average Bonchev–Trinajstić information content (AvgIpc) is 2.52. The van der Waals surface area contributed by atoms with Crippen LogP contribution < -0.4 is 0 Å². The van der Waals surface area contributed by atoms with E-state index in [0.29, 0.717) is 19.1 Å². The van der Waals surface area contributed by atoms with Crippen molar-refractivity contribution in [2.24, 2.45) is 5.92 Å². The minimum atomic E-state index is -0.262. The third kappa shape index (κ3) is 2.18. The Balaban J connectivity index is 2.35. The zero-order valence-corrected chi connectivity index (χ0v) is 6.75. The van der Waals surface area contributed by atoms with Crippen LogP contribution in [0.3, 0.4) is 0 Å². The predicted molar refractivity (Wildman–Crippen MR) is 40.0 cm³/mol. The Morgan fingerprint density at radius 3 is 3.09 bits per heavy atom. The van der Waals surface area contributed by atoms with Crippen LogP contribution in [0, 0.1) is 17.2 Å².